The molecule has 2 rings (SSSR count). The molecule has 0 saturated heterocycles. The van der Waals surface area contributed by atoms with Crippen molar-refractivity contribution < 1.29 is 14.7 Å². The Bertz CT molecular complexity index is 699. The van der Waals surface area contributed by atoms with E-state index in [9.17, 15) is 9.59 Å². The van der Waals surface area contributed by atoms with Crippen molar-refractivity contribution in [3.05, 3.63) is 53.4 Å². The molecule has 0 atom stereocenters. The number of amides is 1. The highest BCUT2D eigenvalue weighted by Crippen LogP contribution is 2.14. The van der Waals surface area contributed by atoms with E-state index in [1.807, 2.05) is 6.92 Å². The molecule has 108 valence electrons. The van der Waals surface area contributed by atoms with Crippen LogP contribution in [-0.4, -0.2) is 26.8 Å². The average molecular weight is 285 g/mol. The van der Waals surface area contributed by atoms with E-state index < -0.39 is 5.97 Å². The molecule has 2 aromatic rings. The van der Waals surface area contributed by atoms with Crippen LogP contribution in [0.2, 0.25) is 0 Å². The van der Waals surface area contributed by atoms with Crippen LogP contribution in [0.5, 0.6) is 0 Å². The molecule has 1 amide bonds. The lowest BCUT2D eigenvalue weighted by atomic mass is 10.1. The van der Waals surface area contributed by atoms with Gasteiger partial charge in [0, 0.05) is 24.9 Å². The van der Waals surface area contributed by atoms with E-state index in [4.69, 9.17) is 5.11 Å². The fourth-order valence-corrected chi connectivity index (χ4v) is 1.83. The normalized spacial score (nSPS) is 10.8. The third-order valence-electron chi connectivity index (χ3n) is 2.85. The van der Waals surface area contributed by atoms with E-state index >= 15 is 0 Å². The van der Waals surface area contributed by atoms with Crippen LogP contribution in [0, 0.1) is 6.92 Å². The second kappa shape index (κ2) is 6.04. The summed E-state index contributed by atoms with van der Waals surface area (Å²) in [6.45, 7) is 1.81. The first-order valence-corrected chi connectivity index (χ1v) is 6.28. The van der Waals surface area contributed by atoms with Gasteiger partial charge in [-0.1, -0.05) is 12.1 Å². The minimum Gasteiger partial charge on any atom is -0.478 e. The van der Waals surface area contributed by atoms with Gasteiger partial charge < -0.3 is 10.4 Å². The van der Waals surface area contributed by atoms with Crippen molar-refractivity contribution in [1.82, 2.24) is 9.78 Å². The minimum atomic E-state index is -1.01. The second-order valence-corrected chi connectivity index (χ2v) is 4.55. The molecule has 1 aromatic heterocycles. The van der Waals surface area contributed by atoms with E-state index in [2.05, 4.69) is 10.4 Å². The summed E-state index contributed by atoms with van der Waals surface area (Å²) in [7, 11) is 1.78. The van der Waals surface area contributed by atoms with Gasteiger partial charge in [0.1, 0.15) is 0 Å². The smallest absolute Gasteiger partial charge is 0.328 e. The number of nitrogens with one attached hydrogen (secondary N) is 1. The lowest BCUT2D eigenvalue weighted by Gasteiger charge is -2.04. The van der Waals surface area contributed by atoms with Gasteiger partial charge >= 0.3 is 5.97 Å². The number of carboxylic acid groups (broad SMARTS) is 1. The number of aryl methyl sites for hydroxylation is 2. The maximum absolute atomic E-state index is 12.1. The lowest BCUT2D eigenvalue weighted by Crippen LogP contribution is -2.12. The third kappa shape index (κ3) is 3.79. The third-order valence-corrected chi connectivity index (χ3v) is 2.85. The van der Waals surface area contributed by atoms with Gasteiger partial charge in [-0.05, 0) is 30.7 Å². The Morgan fingerprint density at radius 1 is 1.29 bits per heavy atom. The van der Waals surface area contributed by atoms with Crippen molar-refractivity contribution in [1.29, 1.82) is 0 Å². The highest BCUT2D eigenvalue weighted by Gasteiger charge is 2.09. The largest absolute Gasteiger partial charge is 0.478 e. The Kier molecular flexibility index (Phi) is 4.18. The molecule has 1 heterocycles. The number of carboxylic acids is 1. The molecule has 0 spiro atoms. The number of anilines is 1. The summed E-state index contributed by atoms with van der Waals surface area (Å²) in [6.07, 6.45) is 4.25. The molecule has 0 aliphatic heterocycles. The Hall–Kier alpha value is -2.89. The monoisotopic (exact) mass is 285 g/mol. The Morgan fingerprint density at radius 2 is 1.95 bits per heavy atom. The molecule has 2 N–H and O–H groups in total. The molecule has 6 heteroatoms. The van der Waals surface area contributed by atoms with Gasteiger partial charge in [0.25, 0.3) is 5.91 Å². The van der Waals surface area contributed by atoms with Gasteiger partial charge in [0.2, 0.25) is 0 Å². The number of nitrogens with zero attached hydrogens (tertiary/aromatic N) is 2. The number of aliphatic carboxylic acids is 1. The number of hydrogen-bond donors (Lipinski definition) is 2. The topological polar surface area (TPSA) is 84.2 Å². The van der Waals surface area contributed by atoms with Gasteiger partial charge in [-0.2, -0.15) is 5.10 Å². The van der Waals surface area contributed by atoms with Crippen molar-refractivity contribution >= 4 is 23.6 Å². The molecule has 0 bridgehead atoms. The SMILES string of the molecule is Cc1nn(C)cc1NC(=O)c1ccc(/C=C/C(=O)O)cc1. The van der Waals surface area contributed by atoms with Crippen molar-refractivity contribution in [2.75, 3.05) is 5.32 Å². The van der Waals surface area contributed by atoms with Crippen LogP contribution in [-0.2, 0) is 11.8 Å². The predicted molar refractivity (Wildman–Crippen MR) is 79.0 cm³/mol. The van der Waals surface area contributed by atoms with E-state index in [-0.39, 0.29) is 5.91 Å². The van der Waals surface area contributed by atoms with Gasteiger partial charge in [0.05, 0.1) is 11.4 Å². The molecular formula is C15H15N3O3. The molecule has 0 saturated carbocycles. The van der Waals surface area contributed by atoms with Crippen LogP contribution in [0.4, 0.5) is 5.69 Å². The summed E-state index contributed by atoms with van der Waals surface area (Å²) < 4.78 is 1.63. The number of rotatable bonds is 4. The van der Waals surface area contributed by atoms with Crippen molar-refractivity contribution in [3.8, 4) is 0 Å². The molecule has 1 aromatic carbocycles. The molecule has 0 aliphatic rings. The summed E-state index contributed by atoms with van der Waals surface area (Å²) in [4.78, 5) is 22.5. The predicted octanol–water partition coefficient (Wildman–Crippen LogP) is 2.08. The number of benzene rings is 1. The molecule has 21 heavy (non-hydrogen) atoms. The fraction of sp³-hybridized carbons (Fsp3) is 0.133. The standard InChI is InChI=1S/C15H15N3O3/c1-10-13(9-18(2)17-10)16-15(21)12-6-3-11(4-7-12)5-8-14(19)20/h3-9H,1-2H3,(H,16,21)(H,19,20)/b8-5+. The number of carbonyl (C=O) groups is 2. The zero-order chi connectivity index (χ0) is 15.4. The summed E-state index contributed by atoms with van der Waals surface area (Å²) >= 11 is 0. The van der Waals surface area contributed by atoms with Gasteiger partial charge in [0.15, 0.2) is 0 Å². The highest BCUT2D eigenvalue weighted by molar-refractivity contribution is 6.04. The van der Waals surface area contributed by atoms with Crippen molar-refractivity contribution in [3.63, 3.8) is 0 Å². The van der Waals surface area contributed by atoms with Gasteiger partial charge in [-0.25, -0.2) is 4.79 Å². The van der Waals surface area contributed by atoms with Crippen LogP contribution in [0.3, 0.4) is 0 Å². The van der Waals surface area contributed by atoms with E-state index in [1.165, 1.54) is 6.08 Å². The molecule has 0 fully saturated rings. The zero-order valence-corrected chi connectivity index (χ0v) is 11.7. The summed E-state index contributed by atoms with van der Waals surface area (Å²) in [6, 6.07) is 6.65. The first kappa shape index (κ1) is 14.5. The van der Waals surface area contributed by atoms with Crippen LogP contribution in [0.15, 0.2) is 36.5 Å². The fourth-order valence-electron chi connectivity index (χ4n) is 1.83. The van der Waals surface area contributed by atoms with Crippen molar-refractivity contribution in [2.45, 2.75) is 6.92 Å². The number of hydrogen-bond acceptors (Lipinski definition) is 3. The highest BCUT2D eigenvalue weighted by atomic mass is 16.4. The van der Waals surface area contributed by atoms with Crippen LogP contribution in [0.1, 0.15) is 21.6 Å². The lowest BCUT2D eigenvalue weighted by molar-refractivity contribution is -0.131. The minimum absolute atomic E-state index is 0.236. The molecule has 6 nitrogen and oxygen atoms in total. The summed E-state index contributed by atoms with van der Waals surface area (Å²) in [5.74, 6) is -1.25. The zero-order valence-electron chi connectivity index (χ0n) is 11.7. The van der Waals surface area contributed by atoms with E-state index in [1.54, 1.807) is 42.2 Å². The molecule has 0 radical (unpaired) electrons. The van der Waals surface area contributed by atoms with Crippen LogP contribution in [0.25, 0.3) is 6.08 Å². The quantitative estimate of drug-likeness (QED) is 0.842. The first-order valence-electron chi connectivity index (χ1n) is 6.28. The van der Waals surface area contributed by atoms with E-state index in [0.717, 1.165) is 11.8 Å². The average Bonchev–Trinajstić information content (AvgIpc) is 2.75. The van der Waals surface area contributed by atoms with Crippen LogP contribution >= 0.6 is 0 Å². The first-order chi connectivity index (χ1) is 9.95. The van der Waals surface area contributed by atoms with Crippen LogP contribution < -0.4 is 5.32 Å². The number of aromatic nitrogens is 2. The Balaban J connectivity index is 2.09. The summed E-state index contributed by atoms with van der Waals surface area (Å²) in [5, 5.41) is 15.5. The Labute approximate surface area is 121 Å². The molecule has 0 aliphatic carbocycles. The maximum Gasteiger partial charge on any atom is 0.328 e. The van der Waals surface area contributed by atoms with Crippen molar-refractivity contribution in [2.24, 2.45) is 7.05 Å². The maximum atomic E-state index is 12.1. The van der Waals surface area contributed by atoms with E-state index in [0.29, 0.717) is 16.8 Å². The van der Waals surface area contributed by atoms with Gasteiger partial charge in [-0.3, -0.25) is 9.48 Å². The molecular weight excluding hydrogens is 270 g/mol. The Morgan fingerprint density at radius 3 is 2.48 bits per heavy atom. The van der Waals surface area contributed by atoms with Gasteiger partial charge in [-0.15, -0.1) is 0 Å². The molecule has 0 unspecified atom stereocenters. The summed E-state index contributed by atoms with van der Waals surface area (Å²) in [5.41, 5.74) is 2.61. The number of carbonyl (C=O) groups excluding carboxylic acids is 1. The second-order valence-electron chi connectivity index (χ2n) is 4.55.